The van der Waals surface area contributed by atoms with Gasteiger partial charge in [-0.1, -0.05) is 52.0 Å². The molecule has 14 heteroatoms. The van der Waals surface area contributed by atoms with Crippen LogP contribution in [0.5, 0.6) is 23.0 Å². The number of ether oxygens (including phenoxy) is 4. The highest BCUT2D eigenvalue weighted by atomic mass is 19.1. The smallest absolute Gasteiger partial charge is 0.415 e. The van der Waals surface area contributed by atoms with Crippen LogP contribution in [-0.4, -0.2) is 85.8 Å². The summed E-state index contributed by atoms with van der Waals surface area (Å²) < 4.78 is 77.9. The molecular weight excluding hydrogens is 781 g/mol. The molecule has 2 fully saturated rings. The molecule has 2 amide bonds. The first-order valence-corrected chi connectivity index (χ1v) is 20.5. The minimum absolute atomic E-state index is 0.139. The van der Waals surface area contributed by atoms with Gasteiger partial charge >= 0.3 is 12.2 Å². The molecule has 10 nitrogen and oxygen atoms in total. The molecule has 324 valence electrons. The average molecular weight is 837 g/mol. The highest BCUT2D eigenvalue weighted by molar-refractivity contribution is 5.72. The van der Waals surface area contributed by atoms with Gasteiger partial charge in [0.05, 0.1) is 25.3 Å². The zero-order chi connectivity index (χ0) is 43.0. The maximum absolute atomic E-state index is 14.6. The SMILES string of the molecule is CC(C)COc1ccc(OC(=O)N(Cc2ccc(F)cc2)[C@@H]2CCNC[C@@H]2F)cc1.CC(C)COc1ccc(OC(=O)N(Cc2ccc(F)cc2)[C@H]2CCNC[C@H]2F)cc1. The Labute approximate surface area is 350 Å². The van der Waals surface area contributed by atoms with E-state index in [0.29, 0.717) is 85.1 Å². The number of nitrogens with zero attached hydrogens (tertiary/aromatic N) is 2. The fourth-order valence-electron chi connectivity index (χ4n) is 6.58. The fourth-order valence-corrected chi connectivity index (χ4v) is 6.58. The lowest BCUT2D eigenvalue weighted by molar-refractivity contribution is 0.0740. The van der Waals surface area contributed by atoms with Gasteiger partial charge in [-0.2, -0.15) is 0 Å². The Kier molecular flexibility index (Phi) is 17.4. The number of alkyl halides is 2. The number of nitrogens with one attached hydrogen (secondary N) is 2. The largest absolute Gasteiger partial charge is 0.493 e. The second-order valence-electron chi connectivity index (χ2n) is 15.7. The Morgan fingerprint density at radius 2 is 0.900 bits per heavy atom. The summed E-state index contributed by atoms with van der Waals surface area (Å²) in [7, 11) is 0. The summed E-state index contributed by atoms with van der Waals surface area (Å²) in [5.41, 5.74) is 1.41. The fraction of sp³-hybridized carbons (Fsp3) is 0.435. The van der Waals surface area contributed by atoms with Gasteiger partial charge in [0, 0.05) is 26.2 Å². The Morgan fingerprint density at radius 1 is 0.567 bits per heavy atom. The average Bonchev–Trinajstić information content (AvgIpc) is 3.23. The van der Waals surface area contributed by atoms with Crippen molar-refractivity contribution in [2.24, 2.45) is 11.8 Å². The summed E-state index contributed by atoms with van der Waals surface area (Å²) >= 11 is 0. The van der Waals surface area contributed by atoms with Crippen LogP contribution in [0.4, 0.5) is 27.2 Å². The van der Waals surface area contributed by atoms with Crippen LogP contribution < -0.4 is 29.6 Å². The Morgan fingerprint density at radius 3 is 1.22 bits per heavy atom. The molecule has 0 bridgehead atoms. The number of hydrogen-bond donors (Lipinski definition) is 2. The zero-order valence-corrected chi connectivity index (χ0v) is 34.6. The summed E-state index contributed by atoms with van der Waals surface area (Å²) in [4.78, 5) is 28.7. The van der Waals surface area contributed by atoms with E-state index in [1.807, 2.05) is 0 Å². The third-order valence-corrected chi connectivity index (χ3v) is 9.77. The highest BCUT2D eigenvalue weighted by Crippen LogP contribution is 2.25. The van der Waals surface area contributed by atoms with Gasteiger partial charge in [-0.3, -0.25) is 9.80 Å². The van der Waals surface area contributed by atoms with Gasteiger partial charge in [-0.05, 0) is 122 Å². The molecule has 6 rings (SSSR count). The first-order chi connectivity index (χ1) is 28.8. The Bertz CT molecular complexity index is 1760. The van der Waals surface area contributed by atoms with E-state index in [1.165, 1.54) is 34.1 Å². The second kappa shape index (κ2) is 22.9. The number of amides is 2. The van der Waals surface area contributed by atoms with E-state index < -0.39 is 36.6 Å². The molecular formula is C46H56F4N4O6. The molecule has 60 heavy (non-hydrogen) atoms. The number of piperidine rings is 2. The van der Waals surface area contributed by atoms with Crippen molar-refractivity contribution in [1.82, 2.24) is 20.4 Å². The van der Waals surface area contributed by atoms with E-state index in [-0.39, 0.29) is 37.8 Å². The first-order valence-electron chi connectivity index (χ1n) is 20.5. The van der Waals surface area contributed by atoms with Crippen LogP contribution in [0.3, 0.4) is 0 Å². The van der Waals surface area contributed by atoms with Gasteiger partial charge < -0.3 is 29.6 Å². The predicted octanol–water partition coefficient (Wildman–Crippen LogP) is 9.12. The second-order valence-corrected chi connectivity index (χ2v) is 15.7. The van der Waals surface area contributed by atoms with Crippen molar-refractivity contribution in [1.29, 1.82) is 0 Å². The number of rotatable bonds is 14. The minimum Gasteiger partial charge on any atom is -0.493 e. The van der Waals surface area contributed by atoms with Crippen LogP contribution in [0.25, 0.3) is 0 Å². The van der Waals surface area contributed by atoms with E-state index in [2.05, 4.69) is 38.3 Å². The van der Waals surface area contributed by atoms with Crippen LogP contribution >= 0.6 is 0 Å². The molecule has 2 heterocycles. The van der Waals surface area contributed by atoms with E-state index in [0.717, 1.165) is 0 Å². The number of benzene rings is 4. The third-order valence-electron chi connectivity index (χ3n) is 9.77. The number of halogens is 4. The summed E-state index contributed by atoms with van der Waals surface area (Å²) in [6.07, 6.45) is -2.75. The maximum Gasteiger partial charge on any atom is 0.415 e. The molecule has 0 aromatic heterocycles. The Balaban J connectivity index is 0.000000228. The third kappa shape index (κ3) is 14.4. The molecule has 4 aromatic carbocycles. The van der Waals surface area contributed by atoms with Gasteiger partial charge in [0.15, 0.2) is 0 Å². The molecule has 0 saturated carbocycles. The molecule has 4 atom stereocenters. The summed E-state index contributed by atoms with van der Waals surface area (Å²) in [5.74, 6) is 2.16. The Hall–Kier alpha value is -5.34. The summed E-state index contributed by atoms with van der Waals surface area (Å²) in [6, 6.07) is 24.0. The quantitative estimate of drug-likeness (QED) is 0.121. The molecule has 2 saturated heterocycles. The van der Waals surface area contributed by atoms with Crippen LogP contribution in [0.15, 0.2) is 97.1 Å². The first kappa shape index (κ1) is 45.7. The number of carbonyl (C=O) groups is 2. The van der Waals surface area contributed by atoms with Crippen molar-refractivity contribution in [3.05, 3.63) is 120 Å². The van der Waals surface area contributed by atoms with Crippen LogP contribution in [-0.2, 0) is 13.1 Å². The van der Waals surface area contributed by atoms with E-state index in [1.54, 1.807) is 72.8 Å². The van der Waals surface area contributed by atoms with Crippen molar-refractivity contribution < 1.29 is 46.1 Å². The standard InChI is InChI=1S/2C23H28F2N2O3/c2*1-16(2)15-29-19-7-9-20(10-8-19)30-23(28)27(22-11-12-26-13-21(22)25)14-17-3-5-18(24)6-4-17/h2*3-10,16,21-22,26H,11-15H2,1-2H3/t2*21-,22+/m10/s1. The number of carbonyl (C=O) groups excluding carboxylic acids is 2. The van der Waals surface area contributed by atoms with E-state index >= 15 is 0 Å². The van der Waals surface area contributed by atoms with Gasteiger partial charge in [-0.25, -0.2) is 27.2 Å². The van der Waals surface area contributed by atoms with Crippen molar-refractivity contribution in [3.63, 3.8) is 0 Å². The number of hydrogen-bond acceptors (Lipinski definition) is 8. The maximum atomic E-state index is 14.6. The molecule has 2 aliphatic rings. The van der Waals surface area contributed by atoms with Crippen LogP contribution in [0.2, 0.25) is 0 Å². The predicted molar refractivity (Wildman–Crippen MR) is 222 cm³/mol. The molecule has 0 unspecified atom stereocenters. The van der Waals surface area contributed by atoms with Crippen molar-refractivity contribution in [2.75, 3.05) is 39.4 Å². The minimum atomic E-state index is -1.21. The monoisotopic (exact) mass is 836 g/mol. The molecule has 0 spiro atoms. The van der Waals surface area contributed by atoms with Gasteiger partial charge in [0.1, 0.15) is 47.0 Å². The molecule has 2 N–H and O–H groups in total. The topological polar surface area (TPSA) is 102 Å². The summed E-state index contributed by atoms with van der Waals surface area (Å²) in [6.45, 7) is 11.3. The lowest BCUT2D eigenvalue weighted by Crippen LogP contribution is -2.53. The summed E-state index contributed by atoms with van der Waals surface area (Å²) in [5, 5.41) is 5.98. The van der Waals surface area contributed by atoms with Gasteiger partial charge in [-0.15, -0.1) is 0 Å². The van der Waals surface area contributed by atoms with E-state index in [4.69, 9.17) is 18.9 Å². The van der Waals surface area contributed by atoms with Crippen molar-refractivity contribution >= 4 is 12.2 Å². The molecule has 0 radical (unpaired) electrons. The van der Waals surface area contributed by atoms with Crippen LogP contribution in [0, 0.1) is 23.5 Å². The van der Waals surface area contributed by atoms with Gasteiger partial charge in [0.25, 0.3) is 0 Å². The van der Waals surface area contributed by atoms with Crippen molar-refractivity contribution in [3.8, 4) is 23.0 Å². The normalized spacial score (nSPS) is 18.8. The lowest BCUT2D eigenvalue weighted by atomic mass is 10.0. The molecule has 2 aliphatic heterocycles. The molecule has 0 aliphatic carbocycles. The van der Waals surface area contributed by atoms with Crippen LogP contribution in [0.1, 0.15) is 51.7 Å². The van der Waals surface area contributed by atoms with Crippen molar-refractivity contribution in [2.45, 2.75) is 78.1 Å². The van der Waals surface area contributed by atoms with Gasteiger partial charge in [0.2, 0.25) is 0 Å². The zero-order valence-electron chi connectivity index (χ0n) is 34.6. The molecule has 4 aromatic rings. The lowest BCUT2D eigenvalue weighted by Gasteiger charge is -2.36. The highest BCUT2D eigenvalue weighted by Gasteiger charge is 2.35. The van der Waals surface area contributed by atoms with E-state index in [9.17, 15) is 27.2 Å².